The molecule has 0 fully saturated rings. The van der Waals surface area contributed by atoms with E-state index in [9.17, 15) is 4.79 Å². The minimum absolute atomic E-state index is 0.121. The van der Waals surface area contributed by atoms with Crippen LogP contribution in [0.25, 0.3) is 0 Å². The van der Waals surface area contributed by atoms with Gasteiger partial charge >= 0.3 is 0 Å². The van der Waals surface area contributed by atoms with Gasteiger partial charge in [0.1, 0.15) is 4.99 Å². The van der Waals surface area contributed by atoms with E-state index < -0.39 is 11.8 Å². The summed E-state index contributed by atoms with van der Waals surface area (Å²) in [6, 6.07) is 10.8. The highest BCUT2D eigenvalue weighted by Crippen LogP contribution is 2.08. The van der Waals surface area contributed by atoms with Crippen LogP contribution in [0.4, 0.5) is 5.69 Å². The van der Waals surface area contributed by atoms with E-state index in [0.29, 0.717) is 0 Å². The highest BCUT2D eigenvalue weighted by atomic mass is 32.1. The Labute approximate surface area is 92.7 Å². The number of amides is 1. The summed E-state index contributed by atoms with van der Waals surface area (Å²) >= 11 is 4.90. The van der Waals surface area contributed by atoms with E-state index in [4.69, 9.17) is 23.2 Å². The Kier molecular flexibility index (Phi) is 3.77. The van der Waals surface area contributed by atoms with Gasteiger partial charge in [-0.15, -0.1) is 0 Å². The fourth-order valence-electron chi connectivity index (χ4n) is 0.987. The molecule has 0 aliphatic rings. The van der Waals surface area contributed by atoms with Crippen LogP contribution in [0.1, 0.15) is 0 Å². The Bertz CT molecular complexity index is 410. The summed E-state index contributed by atoms with van der Waals surface area (Å²) < 4.78 is 0. The van der Waals surface area contributed by atoms with Crippen molar-refractivity contribution in [1.82, 2.24) is 0 Å². The number of primary amides is 1. The SMILES string of the molecule is N#C[C@@H](C(N)=O)C(=S)Nc1ccccc1. The number of thiocarbonyl (C=S) groups is 1. The van der Waals surface area contributed by atoms with Gasteiger partial charge in [0.15, 0.2) is 5.92 Å². The average molecular weight is 219 g/mol. The first kappa shape index (κ1) is 11.1. The fraction of sp³-hybridized carbons (Fsp3) is 0.100. The highest BCUT2D eigenvalue weighted by molar-refractivity contribution is 7.80. The van der Waals surface area contributed by atoms with Crippen molar-refractivity contribution in [3.05, 3.63) is 30.3 Å². The molecule has 0 bridgehead atoms. The van der Waals surface area contributed by atoms with Gasteiger partial charge in [-0.2, -0.15) is 5.26 Å². The summed E-state index contributed by atoms with van der Waals surface area (Å²) in [5.41, 5.74) is 5.74. The molecule has 5 heteroatoms. The summed E-state index contributed by atoms with van der Waals surface area (Å²) in [5.74, 6) is -1.83. The van der Waals surface area contributed by atoms with Crippen molar-refractivity contribution in [3.63, 3.8) is 0 Å². The van der Waals surface area contributed by atoms with Crippen molar-refractivity contribution in [2.45, 2.75) is 0 Å². The van der Waals surface area contributed by atoms with E-state index in [-0.39, 0.29) is 4.99 Å². The minimum Gasteiger partial charge on any atom is -0.368 e. The zero-order valence-corrected chi connectivity index (χ0v) is 8.62. The van der Waals surface area contributed by atoms with Gasteiger partial charge in [0.25, 0.3) is 0 Å². The number of nitrogens with zero attached hydrogens (tertiary/aromatic N) is 1. The smallest absolute Gasteiger partial charge is 0.241 e. The van der Waals surface area contributed by atoms with Crippen LogP contribution in [0.5, 0.6) is 0 Å². The molecule has 76 valence electrons. The third kappa shape index (κ3) is 3.04. The van der Waals surface area contributed by atoms with Crippen molar-refractivity contribution in [2.24, 2.45) is 11.7 Å². The van der Waals surface area contributed by atoms with Crippen LogP contribution >= 0.6 is 12.2 Å². The minimum atomic E-state index is -1.08. The quantitative estimate of drug-likeness (QED) is 0.745. The number of nitriles is 1. The number of nitrogens with two attached hydrogens (primary N) is 1. The Morgan fingerprint density at radius 1 is 1.47 bits per heavy atom. The van der Waals surface area contributed by atoms with Gasteiger partial charge in [-0.1, -0.05) is 30.4 Å². The first-order valence-electron chi connectivity index (χ1n) is 4.20. The van der Waals surface area contributed by atoms with Crippen molar-refractivity contribution in [3.8, 4) is 6.07 Å². The second kappa shape index (κ2) is 5.08. The summed E-state index contributed by atoms with van der Waals surface area (Å²) in [7, 11) is 0. The lowest BCUT2D eigenvalue weighted by molar-refractivity contribution is -0.118. The number of anilines is 1. The normalized spacial score (nSPS) is 11.1. The molecule has 1 rings (SSSR count). The van der Waals surface area contributed by atoms with Crippen LogP contribution in [-0.2, 0) is 4.79 Å². The molecule has 0 heterocycles. The Balaban J connectivity index is 2.72. The molecule has 0 aliphatic carbocycles. The molecule has 0 saturated heterocycles. The van der Waals surface area contributed by atoms with E-state index in [0.717, 1.165) is 5.69 Å². The predicted octanol–water partition coefficient (Wildman–Crippen LogP) is 1.05. The van der Waals surface area contributed by atoms with E-state index in [1.807, 2.05) is 18.2 Å². The largest absolute Gasteiger partial charge is 0.368 e. The molecule has 1 aromatic rings. The van der Waals surface area contributed by atoms with Crippen LogP contribution in [-0.4, -0.2) is 10.9 Å². The molecule has 0 radical (unpaired) electrons. The van der Waals surface area contributed by atoms with E-state index in [1.54, 1.807) is 18.2 Å². The van der Waals surface area contributed by atoms with Gasteiger partial charge in [-0.25, -0.2) is 0 Å². The maximum atomic E-state index is 10.8. The van der Waals surface area contributed by atoms with Gasteiger partial charge in [-0.05, 0) is 12.1 Å². The lowest BCUT2D eigenvalue weighted by atomic mass is 10.1. The molecule has 4 nitrogen and oxygen atoms in total. The van der Waals surface area contributed by atoms with Crippen molar-refractivity contribution >= 4 is 28.8 Å². The van der Waals surface area contributed by atoms with Gasteiger partial charge in [0, 0.05) is 5.69 Å². The maximum absolute atomic E-state index is 10.8. The van der Waals surface area contributed by atoms with Gasteiger partial charge in [-0.3, -0.25) is 4.79 Å². The lowest BCUT2D eigenvalue weighted by Crippen LogP contribution is -2.32. The molecule has 1 amide bonds. The van der Waals surface area contributed by atoms with Crippen LogP contribution in [0.2, 0.25) is 0 Å². The highest BCUT2D eigenvalue weighted by Gasteiger charge is 2.19. The zero-order chi connectivity index (χ0) is 11.3. The van der Waals surface area contributed by atoms with Crippen molar-refractivity contribution < 1.29 is 4.79 Å². The van der Waals surface area contributed by atoms with Crippen molar-refractivity contribution in [2.75, 3.05) is 5.32 Å². The third-order valence-electron chi connectivity index (χ3n) is 1.72. The summed E-state index contributed by atoms with van der Waals surface area (Å²) in [6.07, 6.45) is 0. The first-order valence-corrected chi connectivity index (χ1v) is 4.61. The summed E-state index contributed by atoms with van der Waals surface area (Å²) in [6.45, 7) is 0. The van der Waals surface area contributed by atoms with Gasteiger partial charge in [0.2, 0.25) is 5.91 Å². The van der Waals surface area contributed by atoms with E-state index in [2.05, 4.69) is 5.32 Å². The molecular weight excluding hydrogens is 210 g/mol. The number of nitrogens with one attached hydrogen (secondary N) is 1. The fourth-order valence-corrected chi connectivity index (χ4v) is 1.27. The maximum Gasteiger partial charge on any atom is 0.241 e. The molecule has 0 aliphatic heterocycles. The Morgan fingerprint density at radius 3 is 2.53 bits per heavy atom. The topological polar surface area (TPSA) is 78.9 Å². The second-order valence-electron chi connectivity index (χ2n) is 2.82. The molecular formula is C10H9N3OS. The van der Waals surface area contributed by atoms with Crippen molar-refractivity contribution in [1.29, 1.82) is 5.26 Å². The first-order chi connectivity index (χ1) is 7.15. The van der Waals surface area contributed by atoms with Crippen LogP contribution in [0.15, 0.2) is 30.3 Å². The van der Waals surface area contributed by atoms with E-state index >= 15 is 0 Å². The monoisotopic (exact) mass is 219 g/mol. The standard InChI is InChI=1S/C10H9N3OS/c11-6-8(9(12)14)10(15)13-7-4-2-1-3-5-7/h1-5,8H,(H2,12,14)(H,13,15)/t8-/m0/s1. The van der Waals surface area contributed by atoms with Gasteiger partial charge < -0.3 is 11.1 Å². The van der Waals surface area contributed by atoms with Crippen LogP contribution in [0, 0.1) is 17.2 Å². The second-order valence-corrected chi connectivity index (χ2v) is 3.26. The number of benzene rings is 1. The number of hydrogen-bond acceptors (Lipinski definition) is 3. The number of hydrogen-bond donors (Lipinski definition) is 2. The molecule has 3 N–H and O–H groups in total. The molecule has 1 aromatic carbocycles. The molecule has 0 unspecified atom stereocenters. The van der Waals surface area contributed by atoms with Gasteiger partial charge in [0.05, 0.1) is 6.07 Å². The number of para-hydroxylation sites is 1. The molecule has 1 atom stereocenters. The summed E-state index contributed by atoms with van der Waals surface area (Å²) in [4.78, 5) is 11.0. The Hall–Kier alpha value is -1.93. The number of carbonyl (C=O) groups excluding carboxylic acids is 1. The third-order valence-corrected chi connectivity index (χ3v) is 2.05. The molecule has 15 heavy (non-hydrogen) atoms. The molecule has 0 saturated carbocycles. The van der Waals surface area contributed by atoms with E-state index in [1.165, 1.54) is 0 Å². The lowest BCUT2D eigenvalue weighted by Gasteiger charge is -2.09. The summed E-state index contributed by atoms with van der Waals surface area (Å²) in [5, 5.41) is 11.4. The van der Waals surface area contributed by atoms with Crippen LogP contribution in [0.3, 0.4) is 0 Å². The van der Waals surface area contributed by atoms with Crippen LogP contribution < -0.4 is 11.1 Å². The predicted molar refractivity (Wildman–Crippen MR) is 61.0 cm³/mol. The Morgan fingerprint density at radius 2 is 2.07 bits per heavy atom. The molecule has 0 aromatic heterocycles. The number of carbonyl (C=O) groups is 1. The average Bonchev–Trinajstić information content (AvgIpc) is 2.19. The number of rotatable bonds is 3. The molecule has 0 spiro atoms. The zero-order valence-electron chi connectivity index (χ0n) is 7.81.